The molecule has 0 saturated carbocycles. The van der Waals surface area contributed by atoms with Crippen LogP contribution in [0.3, 0.4) is 0 Å². The summed E-state index contributed by atoms with van der Waals surface area (Å²) in [5, 5.41) is 3.03. The summed E-state index contributed by atoms with van der Waals surface area (Å²) in [6.07, 6.45) is -1.93. The summed E-state index contributed by atoms with van der Waals surface area (Å²) >= 11 is 5.85. The topological polar surface area (TPSA) is 48.5 Å². The van der Waals surface area contributed by atoms with Gasteiger partial charge in [0.25, 0.3) is 0 Å². The molecule has 1 amide bonds. The highest BCUT2D eigenvalue weighted by atomic mass is 35.5. The summed E-state index contributed by atoms with van der Waals surface area (Å²) in [5.74, 6) is 0.0249. The maximum atomic E-state index is 13.5. The quantitative estimate of drug-likeness (QED) is 0.771. The molecule has 0 atom stereocenters. The molecule has 29 heavy (non-hydrogen) atoms. The first-order chi connectivity index (χ1) is 13.6. The van der Waals surface area contributed by atoms with E-state index in [0.717, 1.165) is 11.9 Å². The largest absolute Gasteiger partial charge is 0.418 e. The highest BCUT2D eigenvalue weighted by Gasteiger charge is 2.35. The molecule has 2 aromatic rings. The molecule has 0 aliphatic carbocycles. The lowest BCUT2D eigenvalue weighted by molar-refractivity contribution is -0.137. The highest BCUT2D eigenvalue weighted by Crippen LogP contribution is 2.37. The second-order valence-electron chi connectivity index (χ2n) is 7.21. The Kier molecular flexibility index (Phi) is 6.21. The number of alkyl halides is 3. The Morgan fingerprint density at radius 1 is 1.21 bits per heavy atom. The van der Waals surface area contributed by atoms with E-state index in [-0.39, 0.29) is 11.6 Å². The molecule has 156 valence electrons. The zero-order valence-electron chi connectivity index (χ0n) is 16.1. The summed E-state index contributed by atoms with van der Waals surface area (Å²) in [6.45, 7) is 1.19. The van der Waals surface area contributed by atoms with Crippen molar-refractivity contribution in [2.24, 2.45) is 5.92 Å². The Bertz CT molecular complexity index is 863. The standard InChI is InChI=1S/C20H22ClF3N4O/c1-27(2)15-4-5-17(16(11-15)20(22,23)24)26-19(29)13-7-9-28(10-8-13)18-6-3-14(21)12-25-18/h3-6,11-13H,7-10H2,1-2H3,(H,26,29). The smallest absolute Gasteiger partial charge is 0.378 e. The Morgan fingerprint density at radius 3 is 2.45 bits per heavy atom. The molecule has 1 N–H and O–H groups in total. The van der Waals surface area contributed by atoms with E-state index in [1.54, 1.807) is 37.3 Å². The van der Waals surface area contributed by atoms with Gasteiger partial charge >= 0.3 is 6.18 Å². The number of hydrogen-bond acceptors (Lipinski definition) is 4. The minimum atomic E-state index is -4.56. The van der Waals surface area contributed by atoms with Gasteiger partial charge in [0.1, 0.15) is 5.82 Å². The second kappa shape index (κ2) is 8.49. The number of nitrogens with zero attached hydrogens (tertiary/aromatic N) is 3. The molecule has 1 aromatic carbocycles. The zero-order chi connectivity index (χ0) is 21.2. The van der Waals surface area contributed by atoms with Crippen LogP contribution in [0.15, 0.2) is 36.5 Å². The van der Waals surface area contributed by atoms with Crippen molar-refractivity contribution in [2.75, 3.05) is 42.3 Å². The monoisotopic (exact) mass is 426 g/mol. The van der Waals surface area contributed by atoms with Crippen LogP contribution in [0.4, 0.5) is 30.4 Å². The minimum absolute atomic E-state index is 0.213. The number of pyridine rings is 1. The molecular formula is C20H22ClF3N4O. The number of aromatic nitrogens is 1. The van der Waals surface area contributed by atoms with Crippen molar-refractivity contribution in [1.29, 1.82) is 0 Å². The molecule has 1 saturated heterocycles. The van der Waals surface area contributed by atoms with Gasteiger partial charge < -0.3 is 15.1 Å². The average Bonchev–Trinajstić information content (AvgIpc) is 2.68. The summed E-state index contributed by atoms with van der Waals surface area (Å²) < 4.78 is 40.4. The summed E-state index contributed by atoms with van der Waals surface area (Å²) in [7, 11) is 3.33. The minimum Gasteiger partial charge on any atom is -0.378 e. The van der Waals surface area contributed by atoms with E-state index in [4.69, 9.17) is 11.6 Å². The first-order valence-electron chi connectivity index (χ1n) is 9.21. The fourth-order valence-electron chi connectivity index (χ4n) is 3.31. The van der Waals surface area contributed by atoms with Gasteiger partial charge in [0.15, 0.2) is 0 Å². The first kappa shape index (κ1) is 21.2. The lowest BCUT2D eigenvalue weighted by atomic mass is 9.95. The third kappa shape index (κ3) is 5.12. The molecule has 1 aromatic heterocycles. The number of amides is 1. The third-order valence-electron chi connectivity index (χ3n) is 4.98. The molecule has 0 spiro atoms. The number of carbonyl (C=O) groups excluding carboxylic acids is 1. The molecule has 1 aliphatic rings. The van der Waals surface area contributed by atoms with Crippen LogP contribution in [0, 0.1) is 5.92 Å². The highest BCUT2D eigenvalue weighted by molar-refractivity contribution is 6.30. The number of piperidine rings is 1. The van der Waals surface area contributed by atoms with E-state index >= 15 is 0 Å². The van der Waals surface area contributed by atoms with Gasteiger partial charge in [-0.1, -0.05) is 11.6 Å². The fraction of sp³-hybridized carbons (Fsp3) is 0.400. The number of rotatable bonds is 4. The van der Waals surface area contributed by atoms with Crippen molar-refractivity contribution >= 4 is 34.7 Å². The molecule has 0 unspecified atom stereocenters. The van der Waals surface area contributed by atoms with E-state index in [0.29, 0.717) is 36.6 Å². The van der Waals surface area contributed by atoms with Gasteiger partial charge in [-0.25, -0.2) is 4.98 Å². The van der Waals surface area contributed by atoms with Crippen LogP contribution < -0.4 is 15.1 Å². The van der Waals surface area contributed by atoms with Crippen molar-refractivity contribution < 1.29 is 18.0 Å². The number of carbonyl (C=O) groups is 1. The van der Waals surface area contributed by atoms with Crippen molar-refractivity contribution in [3.63, 3.8) is 0 Å². The van der Waals surface area contributed by atoms with E-state index < -0.39 is 17.6 Å². The summed E-state index contributed by atoms with van der Waals surface area (Å²) in [5.41, 5.74) is -0.645. The Hall–Kier alpha value is -2.48. The van der Waals surface area contributed by atoms with Gasteiger partial charge in [-0.05, 0) is 43.2 Å². The lowest BCUT2D eigenvalue weighted by Crippen LogP contribution is -2.38. The maximum absolute atomic E-state index is 13.5. The predicted molar refractivity (Wildman–Crippen MR) is 109 cm³/mol. The SMILES string of the molecule is CN(C)c1ccc(NC(=O)C2CCN(c3ccc(Cl)cn3)CC2)c(C(F)(F)F)c1. The number of halogens is 4. The van der Waals surface area contributed by atoms with E-state index in [2.05, 4.69) is 10.3 Å². The Labute approximate surface area is 172 Å². The second-order valence-corrected chi connectivity index (χ2v) is 7.64. The molecule has 0 bridgehead atoms. The average molecular weight is 427 g/mol. The van der Waals surface area contributed by atoms with Crippen molar-refractivity contribution in [3.8, 4) is 0 Å². The van der Waals surface area contributed by atoms with E-state index in [1.807, 2.05) is 11.0 Å². The third-order valence-corrected chi connectivity index (χ3v) is 5.21. The number of hydrogen-bond donors (Lipinski definition) is 1. The van der Waals surface area contributed by atoms with Gasteiger partial charge in [-0.3, -0.25) is 4.79 Å². The number of benzene rings is 1. The van der Waals surface area contributed by atoms with Crippen LogP contribution in [-0.2, 0) is 11.0 Å². The maximum Gasteiger partial charge on any atom is 0.418 e. The van der Waals surface area contributed by atoms with Crippen molar-refractivity contribution in [3.05, 3.63) is 47.1 Å². The van der Waals surface area contributed by atoms with E-state index in [1.165, 1.54) is 6.07 Å². The van der Waals surface area contributed by atoms with Gasteiger partial charge in [0, 0.05) is 45.0 Å². The lowest BCUT2D eigenvalue weighted by Gasteiger charge is -2.32. The van der Waals surface area contributed by atoms with Gasteiger partial charge in [0.05, 0.1) is 16.3 Å². The van der Waals surface area contributed by atoms with Crippen LogP contribution in [0.5, 0.6) is 0 Å². The van der Waals surface area contributed by atoms with Crippen LogP contribution in [-0.4, -0.2) is 38.1 Å². The molecule has 5 nitrogen and oxygen atoms in total. The zero-order valence-corrected chi connectivity index (χ0v) is 16.9. The van der Waals surface area contributed by atoms with Crippen molar-refractivity contribution in [2.45, 2.75) is 19.0 Å². The van der Waals surface area contributed by atoms with Gasteiger partial charge in [-0.2, -0.15) is 13.2 Å². The predicted octanol–water partition coefficient (Wildman–Crippen LogP) is 4.67. The number of anilines is 3. The number of nitrogens with one attached hydrogen (secondary N) is 1. The van der Waals surface area contributed by atoms with Gasteiger partial charge in [0.2, 0.25) is 5.91 Å². The molecule has 1 aliphatic heterocycles. The van der Waals surface area contributed by atoms with Crippen LogP contribution in [0.1, 0.15) is 18.4 Å². The van der Waals surface area contributed by atoms with Crippen LogP contribution in [0.2, 0.25) is 5.02 Å². The normalized spacial score (nSPS) is 15.3. The molecule has 9 heteroatoms. The van der Waals surface area contributed by atoms with Crippen molar-refractivity contribution in [1.82, 2.24) is 4.98 Å². The fourth-order valence-corrected chi connectivity index (χ4v) is 3.43. The Balaban J connectivity index is 1.67. The van der Waals surface area contributed by atoms with Gasteiger partial charge in [-0.15, -0.1) is 0 Å². The molecule has 2 heterocycles. The first-order valence-corrected chi connectivity index (χ1v) is 9.59. The van der Waals surface area contributed by atoms with Crippen LogP contribution >= 0.6 is 11.6 Å². The molecule has 3 rings (SSSR count). The summed E-state index contributed by atoms with van der Waals surface area (Å²) in [4.78, 5) is 20.5. The van der Waals surface area contributed by atoms with E-state index in [9.17, 15) is 18.0 Å². The Morgan fingerprint density at radius 2 is 1.90 bits per heavy atom. The summed E-state index contributed by atoms with van der Waals surface area (Å²) in [6, 6.07) is 7.47. The molecule has 0 radical (unpaired) electrons. The molecule has 1 fully saturated rings. The molecular weight excluding hydrogens is 405 g/mol. The van der Waals surface area contributed by atoms with Crippen LogP contribution in [0.25, 0.3) is 0 Å².